The molecule has 0 atom stereocenters. The summed E-state index contributed by atoms with van der Waals surface area (Å²) in [6, 6.07) is 10.0. The highest BCUT2D eigenvalue weighted by atomic mass is 16.5. The molecule has 0 aliphatic heterocycles. The Morgan fingerprint density at radius 2 is 1.71 bits per heavy atom. The molecule has 7 heteroatoms. The standard InChI is InChI=1S/C17H15NO6/c1-2-24-14-6-4-3-5-13(14)18-15(19)11-8-7-10(16(20)21)9-12(11)17(22)23/h3-9H,2H2,1H3,(H,18,19)(H,20,21)(H,22,23). The first-order valence-corrected chi connectivity index (χ1v) is 7.07. The van der Waals surface area contributed by atoms with Crippen LogP contribution in [0, 0.1) is 0 Å². The fourth-order valence-corrected chi connectivity index (χ4v) is 2.09. The minimum Gasteiger partial charge on any atom is -0.492 e. The zero-order chi connectivity index (χ0) is 17.7. The first kappa shape index (κ1) is 17.0. The van der Waals surface area contributed by atoms with Crippen molar-refractivity contribution in [2.45, 2.75) is 6.92 Å². The van der Waals surface area contributed by atoms with Gasteiger partial charge in [-0.05, 0) is 37.3 Å². The van der Waals surface area contributed by atoms with E-state index in [0.29, 0.717) is 18.0 Å². The number of carboxylic acids is 2. The number of benzene rings is 2. The summed E-state index contributed by atoms with van der Waals surface area (Å²) in [5.41, 5.74) is -0.346. The molecule has 2 aromatic carbocycles. The highest BCUT2D eigenvalue weighted by Crippen LogP contribution is 2.25. The molecule has 0 fully saturated rings. The summed E-state index contributed by atoms with van der Waals surface area (Å²) in [7, 11) is 0. The molecule has 2 rings (SSSR count). The summed E-state index contributed by atoms with van der Waals surface area (Å²) in [6.07, 6.45) is 0. The van der Waals surface area contributed by atoms with Gasteiger partial charge in [-0.1, -0.05) is 12.1 Å². The van der Waals surface area contributed by atoms with Gasteiger partial charge in [-0.15, -0.1) is 0 Å². The SMILES string of the molecule is CCOc1ccccc1NC(=O)c1ccc(C(=O)O)cc1C(=O)O. The number of hydrogen-bond acceptors (Lipinski definition) is 4. The van der Waals surface area contributed by atoms with Gasteiger partial charge in [-0.25, -0.2) is 9.59 Å². The van der Waals surface area contributed by atoms with Crippen LogP contribution in [0.25, 0.3) is 0 Å². The molecule has 24 heavy (non-hydrogen) atoms. The first-order valence-electron chi connectivity index (χ1n) is 7.07. The number of rotatable bonds is 6. The Kier molecular flexibility index (Phi) is 5.16. The Hall–Kier alpha value is -3.35. The second-order valence-corrected chi connectivity index (χ2v) is 4.75. The lowest BCUT2D eigenvalue weighted by Crippen LogP contribution is -2.18. The van der Waals surface area contributed by atoms with Gasteiger partial charge in [-0.3, -0.25) is 4.79 Å². The van der Waals surface area contributed by atoms with Crippen LogP contribution in [0.5, 0.6) is 5.75 Å². The minimum atomic E-state index is -1.39. The summed E-state index contributed by atoms with van der Waals surface area (Å²) in [5.74, 6) is -2.88. The van der Waals surface area contributed by atoms with Crippen molar-refractivity contribution >= 4 is 23.5 Å². The van der Waals surface area contributed by atoms with E-state index in [1.807, 2.05) is 0 Å². The van der Waals surface area contributed by atoms with E-state index in [1.165, 1.54) is 12.1 Å². The number of hydrogen-bond donors (Lipinski definition) is 3. The number of nitrogens with one attached hydrogen (secondary N) is 1. The van der Waals surface area contributed by atoms with E-state index < -0.39 is 17.8 Å². The zero-order valence-electron chi connectivity index (χ0n) is 12.8. The van der Waals surface area contributed by atoms with Crippen LogP contribution in [0.4, 0.5) is 5.69 Å². The lowest BCUT2D eigenvalue weighted by molar-refractivity contribution is 0.0692. The van der Waals surface area contributed by atoms with E-state index in [-0.39, 0.29) is 16.7 Å². The molecule has 0 aliphatic carbocycles. The molecule has 0 saturated heterocycles. The number of aromatic carboxylic acids is 2. The molecule has 0 saturated carbocycles. The molecule has 0 unspecified atom stereocenters. The summed E-state index contributed by atoms with van der Waals surface area (Å²) in [5, 5.41) is 20.8. The van der Waals surface area contributed by atoms with Crippen LogP contribution in [0.15, 0.2) is 42.5 Å². The fraction of sp³-hybridized carbons (Fsp3) is 0.118. The Balaban J connectivity index is 2.37. The summed E-state index contributed by atoms with van der Waals surface area (Å²) < 4.78 is 5.39. The van der Waals surface area contributed by atoms with Crippen LogP contribution in [0.2, 0.25) is 0 Å². The molecule has 3 N–H and O–H groups in total. The summed E-state index contributed by atoms with van der Waals surface area (Å²) in [4.78, 5) is 34.7. The van der Waals surface area contributed by atoms with Gasteiger partial charge in [0.2, 0.25) is 0 Å². The van der Waals surface area contributed by atoms with Gasteiger partial charge >= 0.3 is 11.9 Å². The Morgan fingerprint density at radius 1 is 1.00 bits per heavy atom. The predicted molar refractivity (Wildman–Crippen MR) is 85.9 cm³/mol. The van der Waals surface area contributed by atoms with E-state index in [4.69, 9.17) is 9.84 Å². The van der Waals surface area contributed by atoms with E-state index in [0.717, 1.165) is 6.07 Å². The van der Waals surface area contributed by atoms with E-state index in [9.17, 15) is 19.5 Å². The summed E-state index contributed by atoms with van der Waals surface area (Å²) >= 11 is 0. The molecule has 0 spiro atoms. The fourth-order valence-electron chi connectivity index (χ4n) is 2.09. The predicted octanol–water partition coefficient (Wildman–Crippen LogP) is 2.73. The van der Waals surface area contributed by atoms with E-state index in [1.54, 1.807) is 31.2 Å². The molecule has 1 amide bonds. The van der Waals surface area contributed by atoms with Gasteiger partial charge in [0, 0.05) is 0 Å². The van der Waals surface area contributed by atoms with Crippen molar-refractivity contribution in [2.24, 2.45) is 0 Å². The van der Waals surface area contributed by atoms with Crippen molar-refractivity contribution in [1.82, 2.24) is 0 Å². The number of para-hydroxylation sites is 2. The summed E-state index contributed by atoms with van der Waals surface area (Å²) in [6.45, 7) is 2.20. The lowest BCUT2D eigenvalue weighted by Gasteiger charge is -2.12. The second-order valence-electron chi connectivity index (χ2n) is 4.75. The monoisotopic (exact) mass is 329 g/mol. The Morgan fingerprint density at radius 3 is 2.33 bits per heavy atom. The maximum Gasteiger partial charge on any atom is 0.336 e. The van der Waals surface area contributed by atoms with Crippen LogP contribution < -0.4 is 10.1 Å². The molecular weight excluding hydrogens is 314 g/mol. The third kappa shape index (κ3) is 3.70. The quantitative estimate of drug-likeness (QED) is 0.751. The number of amides is 1. The molecule has 0 bridgehead atoms. The van der Waals surface area contributed by atoms with Crippen LogP contribution in [0.3, 0.4) is 0 Å². The normalized spacial score (nSPS) is 10.0. The van der Waals surface area contributed by atoms with Crippen LogP contribution in [0.1, 0.15) is 38.0 Å². The minimum absolute atomic E-state index is 0.140. The van der Waals surface area contributed by atoms with Gasteiger partial charge < -0.3 is 20.3 Å². The number of carbonyl (C=O) groups excluding carboxylic acids is 1. The van der Waals surface area contributed by atoms with E-state index in [2.05, 4.69) is 5.32 Å². The van der Waals surface area contributed by atoms with Crippen molar-refractivity contribution < 1.29 is 29.3 Å². The third-order valence-electron chi connectivity index (χ3n) is 3.18. The van der Waals surface area contributed by atoms with Gasteiger partial charge in [-0.2, -0.15) is 0 Å². The number of carboxylic acid groups (broad SMARTS) is 2. The van der Waals surface area contributed by atoms with Gasteiger partial charge in [0.25, 0.3) is 5.91 Å². The lowest BCUT2D eigenvalue weighted by atomic mass is 10.0. The van der Waals surface area contributed by atoms with Crippen LogP contribution in [-0.4, -0.2) is 34.7 Å². The topological polar surface area (TPSA) is 113 Å². The zero-order valence-corrected chi connectivity index (χ0v) is 12.8. The van der Waals surface area contributed by atoms with Gasteiger partial charge in [0.05, 0.1) is 29.0 Å². The average molecular weight is 329 g/mol. The van der Waals surface area contributed by atoms with Gasteiger partial charge in [0.15, 0.2) is 0 Å². The average Bonchev–Trinajstić information content (AvgIpc) is 2.56. The van der Waals surface area contributed by atoms with E-state index >= 15 is 0 Å². The smallest absolute Gasteiger partial charge is 0.336 e. The maximum atomic E-state index is 12.4. The molecule has 0 radical (unpaired) electrons. The molecule has 124 valence electrons. The highest BCUT2D eigenvalue weighted by Gasteiger charge is 2.20. The Labute approximate surface area is 137 Å². The van der Waals surface area contributed by atoms with Crippen molar-refractivity contribution in [3.05, 3.63) is 59.2 Å². The molecule has 0 heterocycles. The Bertz CT molecular complexity index is 799. The molecule has 0 aromatic heterocycles. The number of ether oxygens (including phenoxy) is 1. The van der Waals surface area contributed by atoms with Crippen molar-refractivity contribution in [3.63, 3.8) is 0 Å². The van der Waals surface area contributed by atoms with Crippen molar-refractivity contribution in [2.75, 3.05) is 11.9 Å². The maximum absolute atomic E-state index is 12.4. The molecule has 7 nitrogen and oxygen atoms in total. The van der Waals surface area contributed by atoms with Crippen molar-refractivity contribution in [1.29, 1.82) is 0 Å². The number of anilines is 1. The second kappa shape index (κ2) is 7.28. The van der Waals surface area contributed by atoms with Gasteiger partial charge in [0.1, 0.15) is 5.75 Å². The molecule has 0 aliphatic rings. The third-order valence-corrected chi connectivity index (χ3v) is 3.18. The van der Waals surface area contributed by atoms with Crippen molar-refractivity contribution in [3.8, 4) is 5.75 Å². The molecular formula is C17H15NO6. The van der Waals surface area contributed by atoms with Crippen LogP contribution in [-0.2, 0) is 0 Å². The number of carbonyl (C=O) groups is 3. The largest absolute Gasteiger partial charge is 0.492 e. The van der Waals surface area contributed by atoms with Crippen LogP contribution >= 0.6 is 0 Å². The first-order chi connectivity index (χ1) is 11.4. The highest BCUT2D eigenvalue weighted by molar-refractivity contribution is 6.12. The molecule has 2 aromatic rings.